The van der Waals surface area contributed by atoms with Gasteiger partial charge < -0.3 is 4.80 Å². The van der Waals surface area contributed by atoms with Gasteiger partial charge in [-0.05, 0) is 15.2 Å². The van der Waals surface area contributed by atoms with Gasteiger partial charge in [0.05, 0.1) is 0 Å². The first-order chi connectivity index (χ1) is 3.56. The van der Waals surface area contributed by atoms with E-state index in [1.54, 1.807) is 0 Å². The van der Waals surface area contributed by atoms with Crippen LogP contribution in [0.2, 0.25) is 19.1 Å². The number of rotatable bonds is 2. The average molecular weight is 152 g/mol. The van der Waals surface area contributed by atoms with Gasteiger partial charge in [-0.25, -0.2) is 0 Å². The fraction of sp³-hybridized carbons (Fsp3) is 0.667. The van der Waals surface area contributed by atoms with E-state index < -0.39 is 8.32 Å². The fourth-order valence-electron chi connectivity index (χ4n) is 0.402. The largest absolute Gasteiger partial charge is 1.00 e. The van der Waals surface area contributed by atoms with Crippen LogP contribution in [0.3, 0.4) is 0 Å². The third-order valence-corrected chi connectivity index (χ3v) is 2.06. The quantitative estimate of drug-likeness (QED) is 0.336. The van der Waals surface area contributed by atoms with Crippen molar-refractivity contribution in [2.75, 3.05) is 0 Å². The summed E-state index contributed by atoms with van der Waals surface area (Å²) >= 11 is 0. The molecule has 1 nitrogen and oxygen atoms in total. The number of allylic oxidation sites excluding steroid dienone is 2. The molecule has 0 N–H and O–H groups in total. The van der Waals surface area contributed by atoms with Crippen LogP contribution in [-0.4, -0.2) is 8.32 Å². The van der Waals surface area contributed by atoms with Crippen LogP contribution < -0.4 is 34.4 Å². The zero-order valence-corrected chi connectivity index (χ0v) is 9.77. The van der Waals surface area contributed by atoms with Gasteiger partial charge in [0, 0.05) is 0 Å². The molecule has 0 saturated carbocycles. The molecule has 9 heavy (non-hydrogen) atoms. The van der Waals surface area contributed by atoms with Crippen LogP contribution in [-0.2, 0) is 0 Å². The zero-order valence-electron chi connectivity index (χ0n) is 6.77. The first-order valence-electron chi connectivity index (χ1n) is 2.88. The molecule has 48 valence electrons. The van der Waals surface area contributed by atoms with E-state index in [9.17, 15) is 4.80 Å². The molecule has 0 unspecified atom stereocenters. The maximum Gasteiger partial charge on any atom is 1.00 e. The summed E-state index contributed by atoms with van der Waals surface area (Å²) in [6.07, 6.45) is 3.89. The molecule has 0 atom stereocenters. The Morgan fingerprint density at radius 3 is 2.00 bits per heavy atom. The molecular formula is C6H13NaOSi. The first-order valence-corrected chi connectivity index (χ1v) is 5.99. The molecule has 0 fully saturated rings. The minimum Gasteiger partial charge on any atom is -0.858 e. The van der Waals surface area contributed by atoms with Gasteiger partial charge in [0.2, 0.25) is 0 Å². The zero-order chi connectivity index (χ0) is 6.62. The minimum atomic E-state index is -2.01. The molecule has 0 saturated heterocycles. The summed E-state index contributed by atoms with van der Waals surface area (Å²) in [5.41, 5.74) is 0. The molecule has 0 aliphatic rings. The average Bonchev–Trinajstić information content (AvgIpc) is 1.59. The van der Waals surface area contributed by atoms with E-state index in [-0.39, 0.29) is 29.6 Å². The van der Waals surface area contributed by atoms with Crippen molar-refractivity contribution in [2.24, 2.45) is 0 Å². The van der Waals surface area contributed by atoms with Gasteiger partial charge in [0.1, 0.15) is 0 Å². The standard InChI is InChI=1S/C6H13OSi.Na/c1-4-5-6-8(2,3)7;/h4-5H,6H2,1-3H3;/q-1;+1/b5-4-;. The summed E-state index contributed by atoms with van der Waals surface area (Å²) in [5.74, 6) is 0. The van der Waals surface area contributed by atoms with Crippen LogP contribution in [0.5, 0.6) is 0 Å². The van der Waals surface area contributed by atoms with Gasteiger partial charge in [0.15, 0.2) is 0 Å². The predicted molar refractivity (Wildman–Crippen MR) is 37.1 cm³/mol. The van der Waals surface area contributed by atoms with Crippen molar-refractivity contribution in [3.8, 4) is 0 Å². The molecule has 0 aromatic carbocycles. The molecule has 0 heterocycles. The van der Waals surface area contributed by atoms with Crippen LogP contribution >= 0.6 is 0 Å². The van der Waals surface area contributed by atoms with Crippen molar-refractivity contribution in [2.45, 2.75) is 26.1 Å². The molecule has 0 spiro atoms. The normalized spacial score (nSPS) is 11.6. The van der Waals surface area contributed by atoms with Crippen molar-refractivity contribution >= 4 is 8.32 Å². The van der Waals surface area contributed by atoms with E-state index in [0.29, 0.717) is 0 Å². The summed E-state index contributed by atoms with van der Waals surface area (Å²) in [7, 11) is -2.01. The summed E-state index contributed by atoms with van der Waals surface area (Å²) < 4.78 is 0. The van der Waals surface area contributed by atoms with E-state index in [0.717, 1.165) is 6.04 Å². The fourth-order valence-corrected chi connectivity index (χ4v) is 1.20. The second-order valence-electron chi connectivity index (χ2n) is 2.53. The first kappa shape index (κ1) is 12.6. The summed E-state index contributed by atoms with van der Waals surface area (Å²) in [6, 6.07) is 0.767. The van der Waals surface area contributed by atoms with Gasteiger partial charge in [-0.1, -0.05) is 31.3 Å². The van der Waals surface area contributed by atoms with Gasteiger partial charge in [-0.15, -0.1) is 0 Å². The molecule has 0 rings (SSSR count). The molecule has 0 aliphatic carbocycles. The molecule has 0 radical (unpaired) electrons. The number of hydrogen-bond donors (Lipinski definition) is 0. The maximum atomic E-state index is 11.0. The van der Waals surface area contributed by atoms with Crippen molar-refractivity contribution in [3.05, 3.63) is 12.2 Å². The molecule has 0 bridgehead atoms. The second-order valence-corrected chi connectivity index (χ2v) is 6.46. The van der Waals surface area contributed by atoms with E-state index in [1.807, 2.05) is 32.2 Å². The molecule has 0 aromatic heterocycles. The van der Waals surface area contributed by atoms with E-state index in [1.165, 1.54) is 0 Å². The summed E-state index contributed by atoms with van der Waals surface area (Å²) in [5, 5.41) is 0. The Morgan fingerprint density at radius 2 is 1.89 bits per heavy atom. The predicted octanol–water partition coefficient (Wildman–Crippen LogP) is -1.87. The Labute approximate surface area is 80.6 Å². The van der Waals surface area contributed by atoms with E-state index >= 15 is 0 Å². The van der Waals surface area contributed by atoms with Crippen LogP contribution in [0.4, 0.5) is 0 Å². The van der Waals surface area contributed by atoms with Gasteiger partial charge >= 0.3 is 29.6 Å². The molecule has 0 aliphatic heterocycles. The third-order valence-electron chi connectivity index (χ3n) is 0.845. The smallest absolute Gasteiger partial charge is 0.858 e. The van der Waals surface area contributed by atoms with Crippen molar-refractivity contribution < 1.29 is 34.4 Å². The van der Waals surface area contributed by atoms with Gasteiger partial charge in [-0.3, -0.25) is 0 Å². The Hall–Kier alpha value is 0.917. The van der Waals surface area contributed by atoms with Crippen molar-refractivity contribution in [3.63, 3.8) is 0 Å². The molecular weight excluding hydrogens is 139 g/mol. The Morgan fingerprint density at radius 1 is 1.44 bits per heavy atom. The molecule has 3 heteroatoms. The topological polar surface area (TPSA) is 23.1 Å². The van der Waals surface area contributed by atoms with Crippen LogP contribution in [0.25, 0.3) is 0 Å². The van der Waals surface area contributed by atoms with Crippen LogP contribution in [0, 0.1) is 0 Å². The summed E-state index contributed by atoms with van der Waals surface area (Å²) in [4.78, 5) is 11.0. The van der Waals surface area contributed by atoms with Crippen molar-refractivity contribution in [1.82, 2.24) is 0 Å². The van der Waals surface area contributed by atoms with Gasteiger partial charge in [-0.2, -0.15) is 0 Å². The van der Waals surface area contributed by atoms with Gasteiger partial charge in [0.25, 0.3) is 0 Å². The SMILES string of the molecule is C/C=C\C[Si](C)(C)[O-].[Na+]. The Balaban J connectivity index is 0. The minimum absolute atomic E-state index is 0. The maximum absolute atomic E-state index is 11.0. The molecule has 0 aromatic rings. The summed E-state index contributed by atoms with van der Waals surface area (Å²) in [6.45, 7) is 5.60. The van der Waals surface area contributed by atoms with Crippen LogP contribution in [0.1, 0.15) is 6.92 Å². The third kappa shape index (κ3) is 12.2. The van der Waals surface area contributed by atoms with Crippen LogP contribution in [0.15, 0.2) is 12.2 Å². The van der Waals surface area contributed by atoms with Crippen molar-refractivity contribution in [1.29, 1.82) is 0 Å². The molecule has 0 amide bonds. The Kier molecular flexibility index (Phi) is 7.94. The number of hydrogen-bond acceptors (Lipinski definition) is 1. The monoisotopic (exact) mass is 152 g/mol. The Bertz CT molecular complexity index is 85.5. The van der Waals surface area contributed by atoms with E-state index in [4.69, 9.17) is 0 Å². The van der Waals surface area contributed by atoms with E-state index in [2.05, 4.69) is 0 Å². The second kappa shape index (κ2) is 5.68.